The molecule has 2 unspecified atom stereocenters. The van der Waals surface area contributed by atoms with Crippen molar-refractivity contribution in [3.63, 3.8) is 0 Å². The molecule has 0 heterocycles. The van der Waals surface area contributed by atoms with Crippen LogP contribution in [-0.4, -0.2) is 33.9 Å². The van der Waals surface area contributed by atoms with Crippen molar-refractivity contribution >= 4 is 9.84 Å². The number of methoxy groups -OCH3 is 1. The quantitative estimate of drug-likeness (QED) is 0.918. The maximum absolute atomic E-state index is 12.7. The third kappa shape index (κ3) is 2.92. The van der Waals surface area contributed by atoms with Gasteiger partial charge in [-0.3, -0.25) is 0 Å². The van der Waals surface area contributed by atoms with Crippen molar-refractivity contribution in [2.24, 2.45) is 0 Å². The van der Waals surface area contributed by atoms with Crippen LogP contribution in [0.15, 0.2) is 29.2 Å². The molecule has 1 aromatic rings. The van der Waals surface area contributed by atoms with Gasteiger partial charge in [-0.25, -0.2) is 8.42 Å². The molecule has 2 rings (SSSR count). The van der Waals surface area contributed by atoms with Gasteiger partial charge in [-0.1, -0.05) is 12.8 Å². The Morgan fingerprint density at radius 2 is 1.79 bits per heavy atom. The van der Waals surface area contributed by atoms with E-state index in [1.807, 2.05) is 7.05 Å². The van der Waals surface area contributed by atoms with Gasteiger partial charge in [0.1, 0.15) is 5.75 Å². The van der Waals surface area contributed by atoms with Gasteiger partial charge >= 0.3 is 0 Å². The first-order chi connectivity index (χ1) is 9.09. The Morgan fingerprint density at radius 3 is 2.37 bits per heavy atom. The van der Waals surface area contributed by atoms with Gasteiger partial charge in [0.15, 0.2) is 9.84 Å². The molecular weight excluding hydrogens is 262 g/mol. The van der Waals surface area contributed by atoms with Crippen LogP contribution in [0.25, 0.3) is 0 Å². The smallest absolute Gasteiger partial charge is 0.182 e. The van der Waals surface area contributed by atoms with Crippen LogP contribution < -0.4 is 10.1 Å². The number of hydrogen-bond acceptors (Lipinski definition) is 4. The summed E-state index contributed by atoms with van der Waals surface area (Å²) in [6.45, 7) is 0. The number of rotatable bonds is 4. The van der Waals surface area contributed by atoms with Crippen molar-refractivity contribution in [3.8, 4) is 5.75 Å². The van der Waals surface area contributed by atoms with Crippen LogP contribution >= 0.6 is 0 Å². The molecular formula is C14H21NO3S. The molecule has 1 fully saturated rings. The highest BCUT2D eigenvalue weighted by atomic mass is 32.2. The van der Waals surface area contributed by atoms with Crippen molar-refractivity contribution in [1.82, 2.24) is 5.32 Å². The van der Waals surface area contributed by atoms with Crippen LogP contribution in [0.4, 0.5) is 0 Å². The van der Waals surface area contributed by atoms with Crippen molar-refractivity contribution in [2.45, 2.75) is 41.9 Å². The van der Waals surface area contributed by atoms with Gasteiger partial charge in [0.25, 0.3) is 0 Å². The first-order valence-corrected chi connectivity index (χ1v) is 8.19. The number of hydrogen-bond donors (Lipinski definition) is 1. The van der Waals surface area contributed by atoms with Crippen molar-refractivity contribution in [2.75, 3.05) is 14.2 Å². The van der Waals surface area contributed by atoms with Crippen LogP contribution in [0.5, 0.6) is 5.75 Å². The summed E-state index contributed by atoms with van der Waals surface area (Å²) in [7, 11) is 0.145. The minimum absolute atomic E-state index is 0.0563. The lowest BCUT2D eigenvalue weighted by Gasteiger charge is -2.30. The zero-order valence-electron chi connectivity index (χ0n) is 11.4. The summed E-state index contributed by atoms with van der Waals surface area (Å²) >= 11 is 0. The maximum Gasteiger partial charge on any atom is 0.182 e. The molecule has 1 aliphatic rings. The van der Waals surface area contributed by atoms with Gasteiger partial charge in [-0.05, 0) is 44.2 Å². The number of nitrogens with one attached hydrogen (secondary N) is 1. The highest BCUT2D eigenvalue weighted by molar-refractivity contribution is 7.92. The molecule has 0 radical (unpaired) electrons. The molecule has 4 nitrogen and oxygen atoms in total. The summed E-state index contributed by atoms with van der Waals surface area (Å²) in [5, 5.41) is 2.83. The molecule has 1 aromatic carbocycles. The summed E-state index contributed by atoms with van der Waals surface area (Å²) in [5.41, 5.74) is 0. The van der Waals surface area contributed by atoms with E-state index in [-0.39, 0.29) is 11.3 Å². The molecule has 106 valence electrons. The first-order valence-electron chi connectivity index (χ1n) is 6.65. The van der Waals surface area contributed by atoms with E-state index in [4.69, 9.17) is 4.74 Å². The lowest BCUT2D eigenvalue weighted by molar-refractivity contribution is 0.389. The number of ether oxygens (including phenoxy) is 1. The standard InChI is InChI=1S/C14H21NO3S/c1-15-13-5-3-4-6-14(13)19(16,17)12-9-7-11(18-2)8-10-12/h7-10,13-15H,3-6H2,1-2H3. The van der Waals surface area contributed by atoms with Crippen molar-refractivity contribution in [3.05, 3.63) is 24.3 Å². The van der Waals surface area contributed by atoms with Gasteiger partial charge in [-0.15, -0.1) is 0 Å². The van der Waals surface area contributed by atoms with Crippen LogP contribution in [0.2, 0.25) is 0 Å². The second kappa shape index (κ2) is 5.92. The van der Waals surface area contributed by atoms with Crippen LogP contribution in [-0.2, 0) is 9.84 Å². The number of sulfone groups is 1. The Hall–Kier alpha value is -1.07. The maximum atomic E-state index is 12.7. The zero-order chi connectivity index (χ0) is 13.9. The monoisotopic (exact) mass is 283 g/mol. The first kappa shape index (κ1) is 14.3. The minimum Gasteiger partial charge on any atom is -0.497 e. The second-order valence-corrected chi connectivity index (χ2v) is 7.11. The fraction of sp³-hybridized carbons (Fsp3) is 0.571. The van der Waals surface area contributed by atoms with Crippen molar-refractivity contribution < 1.29 is 13.2 Å². The van der Waals surface area contributed by atoms with Gasteiger partial charge < -0.3 is 10.1 Å². The summed E-state index contributed by atoms with van der Waals surface area (Å²) in [6.07, 6.45) is 3.74. The normalized spacial score (nSPS) is 24.1. The fourth-order valence-electron chi connectivity index (χ4n) is 2.74. The molecule has 19 heavy (non-hydrogen) atoms. The van der Waals surface area contributed by atoms with Gasteiger partial charge in [0.2, 0.25) is 0 Å². The molecule has 1 N–H and O–H groups in total. The number of benzene rings is 1. The van der Waals surface area contributed by atoms with E-state index in [1.165, 1.54) is 0 Å². The third-order valence-electron chi connectivity index (χ3n) is 3.86. The zero-order valence-corrected chi connectivity index (χ0v) is 12.2. The summed E-state index contributed by atoms with van der Waals surface area (Å²) in [6, 6.07) is 6.72. The fourth-order valence-corrected chi connectivity index (χ4v) is 4.79. The van der Waals surface area contributed by atoms with E-state index in [9.17, 15) is 8.42 Å². The van der Waals surface area contributed by atoms with Gasteiger partial charge in [-0.2, -0.15) is 0 Å². The minimum atomic E-state index is -3.27. The van der Waals surface area contributed by atoms with Gasteiger partial charge in [0, 0.05) is 6.04 Å². The van der Waals surface area contributed by atoms with E-state index in [2.05, 4.69) is 5.32 Å². The van der Waals surface area contributed by atoms with Crippen LogP contribution in [0.1, 0.15) is 25.7 Å². The largest absolute Gasteiger partial charge is 0.497 e. The van der Waals surface area contributed by atoms with Crippen LogP contribution in [0, 0.1) is 0 Å². The highest BCUT2D eigenvalue weighted by Crippen LogP contribution is 2.29. The Morgan fingerprint density at radius 1 is 1.16 bits per heavy atom. The molecule has 0 bridgehead atoms. The van der Waals surface area contributed by atoms with E-state index < -0.39 is 9.84 Å². The van der Waals surface area contributed by atoms with E-state index >= 15 is 0 Å². The SMILES string of the molecule is CNC1CCCCC1S(=O)(=O)c1ccc(OC)cc1. The van der Waals surface area contributed by atoms with E-state index in [1.54, 1.807) is 31.4 Å². The molecule has 0 aliphatic heterocycles. The average molecular weight is 283 g/mol. The molecule has 0 aromatic heterocycles. The Bertz CT molecular complexity index is 510. The topological polar surface area (TPSA) is 55.4 Å². The Kier molecular flexibility index (Phi) is 4.47. The Balaban J connectivity index is 2.29. The van der Waals surface area contributed by atoms with Gasteiger partial charge in [0.05, 0.1) is 17.3 Å². The molecule has 0 saturated heterocycles. The highest BCUT2D eigenvalue weighted by Gasteiger charge is 2.35. The molecule has 2 atom stereocenters. The van der Waals surface area contributed by atoms with Crippen LogP contribution in [0.3, 0.4) is 0 Å². The predicted octanol–water partition coefficient (Wildman–Crippen LogP) is 2.00. The molecule has 5 heteroatoms. The second-order valence-electron chi connectivity index (χ2n) is 4.94. The molecule has 0 spiro atoms. The summed E-state index contributed by atoms with van der Waals surface area (Å²) in [5.74, 6) is 0.674. The van der Waals surface area contributed by atoms with E-state index in [0.29, 0.717) is 10.6 Å². The lowest BCUT2D eigenvalue weighted by Crippen LogP contribution is -2.44. The Labute approximate surface area is 115 Å². The predicted molar refractivity (Wildman–Crippen MR) is 75.3 cm³/mol. The molecule has 0 amide bonds. The molecule has 1 saturated carbocycles. The summed E-state index contributed by atoms with van der Waals surface area (Å²) in [4.78, 5) is 0.389. The summed E-state index contributed by atoms with van der Waals surface area (Å²) < 4.78 is 30.4. The molecule has 1 aliphatic carbocycles. The van der Waals surface area contributed by atoms with Crippen molar-refractivity contribution in [1.29, 1.82) is 0 Å². The lowest BCUT2D eigenvalue weighted by atomic mass is 9.95. The third-order valence-corrected chi connectivity index (χ3v) is 6.15. The van der Waals surface area contributed by atoms with E-state index in [0.717, 1.165) is 25.7 Å². The average Bonchev–Trinajstić information content (AvgIpc) is 2.47.